The fraction of sp³-hybridized carbons (Fsp3) is 0.167. The molecule has 0 saturated carbocycles. The Hall–Kier alpha value is -2.34. The Bertz CT molecular complexity index is 615. The normalized spacial score (nSPS) is 16.6. The molecule has 1 aromatic heterocycles. The number of phenols is 1. The predicted octanol–water partition coefficient (Wildman–Crippen LogP) is 0.824. The van der Waals surface area contributed by atoms with Crippen molar-refractivity contribution < 1.29 is 9.84 Å². The van der Waals surface area contributed by atoms with Crippen LogP contribution in [-0.2, 0) is 0 Å². The zero-order valence-corrected chi connectivity index (χ0v) is 9.50. The molecule has 6 nitrogen and oxygen atoms in total. The van der Waals surface area contributed by atoms with Crippen molar-refractivity contribution in [2.45, 2.75) is 6.10 Å². The van der Waals surface area contributed by atoms with Gasteiger partial charge >= 0.3 is 0 Å². The predicted molar refractivity (Wildman–Crippen MR) is 66.0 cm³/mol. The molecule has 2 heterocycles. The minimum atomic E-state index is -0.327. The Labute approximate surface area is 103 Å². The summed E-state index contributed by atoms with van der Waals surface area (Å²) in [5, 5.41) is 17.8. The maximum Gasteiger partial charge on any atom is 0.146 e. The number of benzene rings is 1. The van der Waals surface area contributed by atoms with Crippen LogP contribution < -0.4 is 16.2 Å². The highest BCUT2D eigenvalue weighted by molar-refractivity contribution is 5.78. The van der Waals surface area contributed by atoms with Gasteiger partial charge in [0.1, 0.15) is 29.1 Å². The summed E-state index contributed by atoms with van der Waals surface area (Å²) < 4.78 is 5.74. The van der Waals surface area contributed by atoms with Crippen LogP contribution in [0.2, 0.25) is 0 Å². The highest BCUT2D eigenvalue weighted by atomic mass is 16.5. The zero-order valence-electron chi connectivity index (χ0n) is 9.50. The largest absolute Gasteiger partial charge is 0.507 e. The van der Waals surface area contributed by atoms with Gasteiger partial charge in [-0.25, -0.2) is 0 Å². The van der Waals surface area contributed by atoms with E-state index in [1.54, 1.807) is 24.3 Å². The minimum absolute atomic E-state index is 0.100. The number of rotatable bonds is 1. The third-order valence-corrected chi connectivity index (χ3v) is 2.91. The van der Waals surface area contributed by atoms with Gasteiger partial charge in [0, 0.05) is 12.1 Å². The quantitative estimate of drug-likeness (QED) is 0.685. The van der Waals surface area contributed by atoms with Crippen molar-refractivity contribution in [3.63, 3.8) is 0 Å². The van der Waals surface area contributed by atoms with E-state index in [2.05, 4.69) is 10.2 Å². The number of hydrogen-bond donors (Lipinski definition) is 3. The first-order valence-electron chi connectivity index (χ1n) is 5.53. The molecule has 0 fully saturated rings. The Kier molecular flexibility index (Phi) is 2.31. The van der Waals surface area contributed by atoms with E-state index in [9.17, 15) is 5.11 Å². The molecule has 1 aliphatic heterocycles. The van der Waals surface area contributed by atoms with E-state index in [0.29, 0.717) is 29.4 Å². The summed E-state index contributed by atoms with van der Waals surface area (Å²) in [6.07, 6.45) is -0.327. The molecule has 0 radical (unpaired) electrons. The average Bonchev–Trinajstić information content (AvgIpc) is 2.37. The van der Waals surface area contributed by atoms with E-state index < -0.39 is 0 Å². The van der Waals surface area contributed by atoms with E-state index in [-0.39, 0.29) is 11.9 Å². The molecular formula is C12H12N4O2. The maximum absolute atomic E-state index is 9.92. The first-order valence-corrected chi connectivity index (χ1v) is 5.53. The van der Waals surface area contributed by atoms with Gasteiger partial charge < -0.3 is 21.3 Å². The summed E-state index contributed by atoms with van der Waals surface area (Å²) in [4.78, 5) is 0. The van der Waals surface area contributed by atoms with E-state index in [1.807, 2.05) is 0 Å². The van der Waals surface area contributed by atoms with E-state index in [0.717, 1.165) is 5.56 Å². The minimum Gasteiger partial charge on any atom is -0.507 e. The molecule has 1 aliphatic rings. The molecule has 0 bridgehead atoms. The standard InChI is InChI=1S/C12H12N4O2/c13-5-9-6-4-10(14)15-16-12(6)11-7(17)2-1-3-8(11)18-9/h1-4,9,17H,5,13H2,(H2,14,15)/t9-/m0/s1. The van der Waals surface area contributed by atoms with Crippen molar-refractivity contribution >= 4 is 5.82 Å². The third-order valence-electron chi connectivity index (χ3n) is 2.91. The summed E-state index contributed by atoms with van der Waals surface area (Å²) in [5.41, 5.74) is 13.2. The van der Waals surface area contributed by atoms with Crippen molar-refractivity contribution in [1.82, 2.24) is 10.2 Å². The maximum atomic E-state index is 9.92. The number of anilines is 1. The SMILES string of the molecule is NC[C@@H]1Oc2cccc(O)c2-c2nnc(N)cc21. The van der Waals surface area contributed by atoms with Gasteiger partial charge in [-0.1, -0.05) is 6.07 Å². The van der Waals surface area contributed by atoms with Gasteiger partial charge in [-0.2, -0.15) is 0 Å². The second kappa shape index (κ2) is 3.85. The van der Waals surface area contributed by atoms with Crippen LogP contribution in [0.5, 0.6) is 11.5 Å². The van der Waals surface area contributed by atoms with Gasteiger partial charge in [-0.3, -0.25) is 0 Å². The smallest absolute Gasteiger partial charge is 0.146 e. The Morgan fingerprint density at radius 3 is 2.94 bits per heavy atom. The van der Waals surface area contributed by atoms with Crippen LogP contribution in [0.25, 0.3) is 11.3 Å². The van der Waals surface area contributed by atoms with Crippen LogP contribution >= 0.6 is 0 Å². The number of aromatic nitrogens is 2. The Morgan fingerprint density at radius 1 is 1.33 bits per heavy atom. The lowest BCUT2D eigenvalue weighted by Crippen LogP contribution is -2.23. The highest BCUT2D eigenvalue weighted by Gasteiger charge is 2.29. The molecule has 0 aliphatic carbocycles. The lowest BCUT2D eigenvalue weighted by Gasteiger charge is -2.27. The fourth-order valence-corrected chi connectivity index (χ4v) is 2.11. The Balaban J connectivity index is 2.29. The van der Waals surface area contributed by atoms with Gasteiger partial charge in [-0.15, -0.1) is 10.2 Å². The first kappa shape index (κ1) is 10.8. The molecule has 0 amide bonds. The summed E-state index contributed by atoms with van der Waals surface area (Å²) >= 11 is 0. The third kappa shape index (κ3) is 1.46. The molecule has 2 aromatic rings. The fourth-order valence-electron chi connectivity index (χ4n) is 2.11. The van der Waals surface area contributed by atoms with E-state index in [1.165, 1.54) is 0 Å². The van der Waals surface area contributed by atoms with Crippen molar-refractivity contribution in [2.75, 3.05) is 12.3 Å². The van der Waals surface area contributed by atoms with Crippen LogP contribution in [0, 0.1) is 0 Å². The van der Waals surface area contributed by atoms with Crippen LogP contribution in [-0.4, -0.2) is 21.8 Å². The number of aromatic hydroxyl groups is 1. The molecule has 0 saturated heterocycles. The van der Waals surface area contributed by atoms with Gasteiger partial charge in [0.2, 0.25) is 0 Å². The lowest BCUT2D eigenvalue weighted by atomic mass is 9.97. The van der Waals surface area contributed by atoms with Gasteiger partial charge in [-0.05, 0) is 18.2 Å². The van der Waals surface area contributed by atoms with Crippen molar-refractivity contribution in [3.05, 3.63) is 29.8 Å². The number of fused-ring (bicyclic) bond motifs is 3. The second-order valence-corrected chi connectivity index (χ2v) is 4.07. The number of phenolic OH excluding ortho intramolecular Hbond substituents is 1. The van der Waals surface area contributed by atoms with Gasteiger partial charge in [0.05, 0.1) is 5.56 Å². The van der Waals surface area contributed by atoms with Crippen LogP contribution in [0.15, 0.2) is 24.3 Å². The molecule has 5 N–H and O–H groups in total. The van der Waals surface area contributed by atoms with Crippen molar-refractivity contribution in [3.8, 4) is 22.8 Å². The monoisotopic (exact) mass is 244 g/mol. The summed E-state index contributed by atoms with van der Waals surface area (Å²) in [5.74, 6) is 0.954. The number of nitrogens with zero attached hydrogens (tertiary/aromatic N) is 2. The second-order valence-electron chi connectivity index (χ2n) is 4.07. The summed E-state index contributed by atoms with van der Waals surface area (Å²) in [6, 6.07) is 6.72. The van der Waals surface area contributed by atoms with Crippen molar-refractivity contribution in [1.29, 1.82) is 0 Å². The Morgan fingerprint density at radius 2 is 2.17 bits per heavy atom. The number of hydrogen-bond acceptors (Lipinski definition) is 6. The van der Waals surface area contributed by atoms with Gasteiger partial charge in [0.15, 0.2) is 0 Å². The molecule has 3 rings (SSSR count). The molecule has 6 heteroatoms. The molecule has 0 spiro atoms. The van der Waals surface area contributed by atoms with E-state index >= 15 is 0 Å². The van der Waals surface area contributed by atoms with Gasteiger partial charge in [0.25, 0.3) is 0 Å². The molecule has 0 unspecified atom stereocenters. The zero-order chi connectivity index (χ0) is 12.7. The molecule has 18 heavy (non-hydrogen) atoms. The average molecular weight is 244 g/mol. The first-order chi connectivity index (χ1) is 8.70. The van der Waals surface area contributed by atoms with Crippen LogP contribution in [0.4, 0.5) is 5.82 Å². The molecule has 1 atom stereocenters. The van der Waals surface area contributed by atoms with Crippen LogP contribution in [0.3, 0.4) is 0 Å². The number of nitrogen functional groups attached to an aromatic ring is 1. The topological polar surface area (TPSA) is 107 Å². The highest BCUT2D eigenvalue weighted by Crippen LogP contribution is 2.45. The lowest BCUT2D eigenvalue weighted by molar-refractivity contribution is 0.209. The number of ether oxygens (including phenoxy) is 1. The van der Waals surface area contributed by atoms with Crippen molar-refractivity contribution in [2.24, 2.45) is 5.73 Å². The molecule has 92 valence electrons. The molecular weight excluding hydrogens is 232 g/mol. The summed E-state index contributed by atoms with van der Waals surface area (Å²) in [6.45, 7) is 0.299. The van der Waals surface area contributed by atoms with Crippen LogP contribution in [0.1, 0.15) is 11.7 Å². The number of nitrogens with two attached hydrogens (primary N) is 2. The summed E-state index contributed by atoms with van der Waals surface area (Å²) in [7, 11) is 0. The molecule has 1 aromatic carbocycles. The van der Waals surface area contributed by atoms with E-state index in [4.69, 9.17) is 16.2 Å².